The first kappa shape index (κ1) is 42.5. The van der Waals surface area contributed by atoms with Crippen LogP contribution in [0.5, 0.6) is 0 Å². The van der Waals surface area contributed by atoms with Gasteiger partial charge in [-0.25, -0.2) is 0 Å². The lowest BCUT2D eigenvalue weighted by atomic mass is 9.83. The number of carbonyl (C=O) groups is 4. The molecular formula is C37H52Cl2N6O4S2. The molecule has 10 nitrogen and oxygen atoms in total. The van der Waals surface area contributed by atoms with E-state index in [1.165, 1.54) is 0 Å². The number of carbonyl (C=O) groups excluding carboxylic acids is 4. The second kappa shape index (κ2) is 19.3. The molecule has 0 unspecified atom stereocenters. The Kier molecular flexibility index (Phi) is 16.1. The van der Waals surface area contributed by atoms with Crippen LogP contribution in [0.3, 0.4) is 0 Å². The lowest BCUT2D eigenvalue weighted by molar-refractivity contribution is -0.143. The van der Waals surface area contributed by atoms with Crippen molar-refractivity contribution in [3.63, 3.8) is 0 Å². The number of benzene rings is 2. The van der Waals surface area contributed by atoms with Gasteiger partial charge in [-0.3, -0.25) is 19.2 Å². The summed E-state index contributed by atoms with van der Waals surface area (Å²) in [7, 11) is 1.82. The van der Waals surface area contributed by atoms with E-state index in [1.807, 2.05) is 88.5 Å². The lowest BCUT2D eigenvalue weighted by Gasteiger charge is -2.35. The van der Waals surface area contributed by atoms with Crippen LogP contribution in [0.2, 0.25) is 0 Å². The fraction of sp³-hybridized carbons (Fsp3) is 0.541. The van der Waals surface area contributed by atoms with Crippen LogP contribution in [-0.2, 0) is 25.6 Å². The van der Waals surface area contributed by atoms with Gasteiger partial charge in [0.15, 0.2) is 0 Å². The highest BCUT2D eigenvalue weighted by Gasteiger charge is 2.54. The molecule has 51 heavy (non-hydrogen) atoms. The minimum absolute atomic E-state index is 0. The number of rotatable bonds is 11. The van der Waals surface area contributed by atoms with Crippen molar-refractivity contribution in [3.05, 3.63) is 71.8 Å². The van der Waals surface area contributed by atoms with Crippen molar-refractivity contribution in [2.24, 2.45) is 5.41 Å². The van der Waals surface area contributed by atoms with Gasteiger partial charge in [0, 0.05) is 12.1 Å². The van der Waals surface area contributed by atoms with Gasteiger partial charge in [0.05, 0.1) is 22.8 Å². The zero-order chi connectivity index (χ0) is 35.1. The van der Waals surface area contributed by atoms with Crippen LogP contribution in [0.15, 0.2) is 60.7 Å². The Bertz CT molecular complexity index is 1500. The number of thioether (sulfide) groups is 1. The molecule has 1 saturated carbocycles. The molecule has 2 aliphatic heterocycles. The van der Waals surface area contributed by atoms with Crippen molar-refractivity contribution in [2.45, 2.75) is 107 Å². The van der Waals surface area contributed by atoms with Crippen LogP contribution < -0.4 is 26.6 Å². The molecule has 3 aliphatic rings. The van der Waals surface area contributed by atoms with Crippen LogP contribution in [0.4, 0.5) is 0 Å². The largest absolute Gasteiger partial charge is 0.367 e. The maximum Gasteiger partial charge on any atom is 0.247 e. The Balaban J connectivity index is 0.00000351. The van der Waals surface area contributed by atoms with Crippen LogP contribution in [0.25, 0.3) is 0 Å². The highest BCUT2D eigenvalue weighted by molar-refractivity contribution is 7.99. The molecule has 1 aliphatic carbocycles. The van der Waals surface area contributed by atoms with Crippen LogP contribution >= 0.6 is 48.8 Å². The highest BCUT2D eigenvalue weighted by Crippen LogP contribution is 2.46. The van der Waals surface area contributed by atoms with Gasteiger partial charge in [-0.1, -0.05) is 86.7 Å². The van der Waals surface area contributed by atoms with Crippen LogP contribution in [-0.4, -0.2) is 81.9 Å². The first-order chi connectivity index (χ1) is 23.5. The normalized spacial score (nSPS) is 25.0. The standard InChI is InChI=1S/C37H50N6O4S2.2ClH/c1-23(38-4)35(48)41-28-19-20-49-30-22-37(2,3)32(43(30)36(28)47)34(46)42-31(25-13-9-6-10-14-25)33(45)40-27-17-15-26(16-18-27)39-29(44)21-24-11-7-5-8-12-24;;/h5-14,23,26-28,30-32,38H,15-22H2,1-4H3,(H,39,44)(H,40,45)(H,41,48)(H,42,46);2*1H/t23-,26?,27?,28-,30-,31-,32+;;/m0../s1. The van der Waals surface area contributed by atoms with Gasteiger partial charge in [0.25, 0.3) is 0 Å². The predicted molar refractivity (Wildman–Crippen MR) is 212 cm³/mol. The summed E-state index contributed by atoms with van der Waals surface area (Å²) in [4.78, 5) is 57.3. The Morgan fingerprint density at radius 3 is 2.10 bits per heavy atom. The zero-order valence-corrected chi connectivity index (χ0v) is 33.0. The lowest BCUT2D eigenvalue weighted by Crippen LogP contribution is -2.58. The second-order valence-corrected chi connectivity index (χ2v) is 15.9. The van der Waals surface area contributed by atoms with Crippen molar-refractivity contribution in [1.82, 2.24) is 31.5 Å². The topological polar surface area (TPSA) is 132 Å². The molecule has 0 aromatic heterocycles. The summed E-state index contributed by atoms with van der Waals surface area (Å²) in [5, 5.41) is 15.6. The van der Waals surface area contributed by atoms with Gasteiger partial charge in [0.1, 0.15) is 18.1 Å². The first-order valence-corrected chi connectivity index (χ1v) is 18.8. The average Bonchev–Trinajstić information content (AvgIpc) is 3.28. The number of likely N-dealkylation sites (N-methyl/N-ethyl adjacent to an activating group) is 1. The number of halogens is 2. The van der Waals surface area contributed by atoms with Crippen LogP contribution in [0.1, 0.15) is 76.5 Å². The number of nitrogens with one attached hydrogen (secondary N) is 5. The second-order valence-electron chi connectivity index (χ2n) is 14.2. The van der Waals surface area contributed by atoms with E-state index in [4.69, 9.17) is 12.2 Å². The Morgan fingerprint density at radius 1 is 0.902 bits per heavy atom. The van der Waals surface area contributed by atoms with Gasteiger partial charge in [0.2, 0.25) is 23.6 Å². The summed E-state index contributed by atoms with van der Waals surface area (Å²) in [6.07, 6.45) is 4.57. The van der Waals surface area contributed by atoms with Gasteiger partial charge in [-0.05, 0) is 74.8 Å². The van der Waals surface area contributed by atoms with E-state index in [2.05, 4.69) is 26.6 Å². The van der Waals surface area contributed by atoms with Gasteiger partial charge in [-0.2, -0.15) is 0 Å². The van der Waals surface area contributed by atoms with E-state index in [9.17, 15) is 19.2 Å². The molecule has 4 amide bonds. The Hall–Kier alpha value is -2.90. The average molecular weight is 780 g/mol. The van der Waals surface area contributed by atoms with Crippen molar-refractivity contribution < 1.29 is 19.2 Å². The van der Waals surface area contributed by atoms with E-state index in [1.54, 1.807) is 16.7 Å². The monoisotopic (exact) mass is 778 g/mol. The summed E-state index contributed by atoms with van der Waals surface area (Å²) in [5.41, 5.74) is 1.13. The van der Waals surface area contributed by atoms with E-state index in [0.29, 0.717) is 29.8 Å². The Labute approximate surface area is 324 Å². The molecule has 5 N–H and O–H groups in total. The van der Waals surface area contributed by atoms with E-state index >= 15 is 0 Å². The number of hydrogen-bond acceptors (Lipinski definition) is 7. The molecule has 5 rings (SSSR count). The third kappa shape index (κ3) is 10.8. The predicted octanol–water partition coefficient (Wildman–Crippen LogP) is 4.46. The van der Waals surface area contributed by atoms with E-state index in [-0.39, 0.29) is 71.9 Å². The van der Waals surface area contributed by atoms with Crippen LogP contribution in [0, 0.1) is 5.41 Å². The maximum absolute atomic E-state index is 14.3. The number of thiocarbonyl (C=S) groups is 1. The zero-order valence-electron chi connectivity index (χ0n) is 29.7. The molecule has 280 valence electrons. The molecule has 0 radical (unpaired) electrons. The molecule has 2 saturated heterocycles. The first-order valence-electron chi connectivity index (χ1n) is 17.4. The molecule has 2 aromatic rings. The third-order valence-corrected chi connectivity index (χ3v) is 11.7. The summed E-state index contributed by atoms with van der Waals surface area (Å²) in [5.74, 6) is -0.00597. The number of fused-ring (bicyclic) bond motifs is 1. The summed E-state index contributed by atoms with van der Waals surface area (Å²) in [6, 6.07) is 16.6. The number of nitrogens with zero attached hydrogens (tertiary/aromatic N) is 1. The smallest absolute Gasteiger partial charge is 0.247 e. The molecule has 0 spiro atoms. The molecule has 14 heteroatoms. The summed E-state index contributed by atoms with van der Waals surface area (Å²) < 4.78 is 0. The van der Waals surface area contributed by atoms with E-state index in [0.717, 1.165) is 37.0 Å². The summed E-state index contributed by atoms with van der Waals surface area (Å²) >= 11 is 7.26. The third-order valence-electron chi connectivity index (χ3n) is 10.0. The van der Waals surface area contributed by atoms with Crippen molar-refractivity contribution in [2.75, 3.05) is 12.8 Å². The molecule has 3 fully saturated rings. The van der Waals surface area contributed by atoms with Gasteiger partial charge < -0.3 is 31.5 Å². The minimum Gasteiger partial charge on any atom is -0.367 e. The Morgan fingerprint density at radius 2 is 1.49 bits per heavy atom. The molecular weight excluding hydrogens is 727 g/mol. The van der Waals surface area contributed by atoms with E-state index < -0.39 is 23.5 Å². The van der Waals surface area contributed by atoms with Gasteiger partial charge >= 0.3 is 0 Å². The number of hydrogen-bond donors (Lipinski definition) is 5. The quantitative estimate of drug-likeness (QED) is 0.212. The summed E-state index contributed by atoms with van der Waals surface area (Å²) in [6.45, 7) is 5.98. The SMILES string of the molecule is CN[C@@H](C)C(=S)N[C@H]1CCS[C@H]2CC(C)(C)[C@@H](C(=O)N[C@H](C(=O)NC3CCC(NC(=O)Cc4ccccc4)CC3)c3ccccc3)N2C1=O.Cl.Cl. The molecule has 0 bridgehead atoms. The van der Waals surface area contributed by atoms with Crippen molar-refractivity contribution in [1.29, 1.82) is 0 Å². The maximum atomic E-state index is 14.3. The molecule has 2 heterocycles. The van der Waals surface area contributed by atoms with Crippen molar-refractivity contribution >= 4 is 77.4 Å². The highest BCUT2D eigenvalue weighted by atomic mass is 35.5. The van der Waals surface area contributed by atoms with Crippen molar-refractivity contribution in [3.8, 4) is 0 Å². The molecule has 2 aromatic carbocycles. The fourth-order valence-corrected chi connectivity index (χ4v) is 9.01. The minimum atomic E-state index is -0.931. The number of amides is 4. The fourth-order valence-electron chi connectivity index (χ4n) is 7.17. The van der Waals surface area contributed by atoms with Gasteiger partial charge in [-0.15, -0.1) is 36.6 Å². The molecule has 5 atom stereocenters.